The van der Waals surface area contributed by atoms with Crippen LogP contribution in [-0.2, 0) is 29.6 Å². The van der Waals surface area contributed by atoms with Gasteiger partial charge >= 0.3 is 0 Å². The number of hydrogen-bond acceptors (Lipinski definition) is 6. The summed E-state index contributed by atoms with van der Waals surface area (Å²) in [5.41, 5.74) is 0.327. The number of Topliss-reactive ketones (excluding diaryl/α,β-unsaturated/α-hetero) is 1. The van der Waals surface area contributed by atoms with E-state index in [1.807, 2.05) is 24.3 Å². The van der Waals surface area contributed by atoms with Crippen molar-refractivity contribution in [2.75, 3.05) is 13.6 Å². The molecular weight excluding hydrogens is 536 g/mol. The Kier molecular flexibility index (Phi) is 8.72. The highest BCUT2D eigenvalue weighted by atomic mass is 16.3. The normalized spacial score (nSPS) is 20.4. The first-order chi connectivity index (χ1) is 20.2. The molecule has 1 saturated heterocycles. The van der Waals surface area contributed by atoms with Gasteiger partial charge in [-0.25, -0.2) is 0 Å². The summed E-state index contributed by atoms with van der Waals surface area (Å²) >= 11 is 0. The highest BCUT2D eigenvalue weighted by Gasteiger charge is 2.49. The Balaban J connectivity index is 1.42. The van der Waals surface area contributed by atoms with E-state index < -0.39 is 47.1 Å². The molecule has 2 aromatic rings. The van der Waals surface area contributed by atoms with E-state index in [9.17, 15) is 29.1 Å². The number of amides is 4. The predicted octanol–water partition coefficient (Wildman–Crippen LogP) is 1.68. The second kappa shape index (κ2) is 12.4. The topological polar surface area (TPSA) is 154 Å². The molecule has 1 saturated carbocycles. The zero-order valence-corrected chi connectivity index (χ0v) is 23.8. The van der Waals surface area contributed by atoms with Crippen molar-refractivity contribution in [2.24, 2.45) is 11.8 Å². The second-order valence-electron chi connectivity index (χ2n) is 11.6. The van der Waals surface area contributed by atoms with Crippen LogP contribution in [0.15, 0.2) is 48.5 Å². The van der Waals surface area contributed by atoms with Crippen molar-refractivity contribution in [1.82, 2.24) is 21.3 Å². The first-order valence-corrected chi connectivity index (χ1v) is 14.8. The molecule has 10 heteroatoms. The van der Waals surface area contributed by atoms with Gasteiger partial charge in [0.15, 0.2) is 5.60 Å². The van der Waals surface area contributed by atoms with E-state index in [2.05, 4.69) is 21.3 Å². The lowest BCUT2D eigenvalue weighted by Crippen LogP contribution is -2.57. The molecule has 0 aromatic heterocycles. The number of carbonyl (C=O) groups is 5. The van der Waals surface area contributed by atoms with Crippen molar-refractivity contribution in [3.05, 3.63) is 59.7 Å². The van der Waals surface area contributed by atoms with Crippen LogP contribution < -0.4 is 21.3 Å². The number of carbonyl (C=O) groups excluding carboxylic acids is 5. The highest BCUT2D eigenvalue weighted by Crippen LogP contribution is 2.47. The molecule has 2 fully saturated rings. The van der Waals surface area contributed by atoms with Gasteiger partial charge in [-0.1, -0.05) is 80.6 Å². The SMILES string of the molecule is CNC(=O)C(=O)[C@@H](C[C@@H]1CCNC1=O)NC(=O)[C@H](CC1CCCCC1)NC(=O)C1(O)c2ccccc2-c2ccccc21. The van der Waals surface area contributed by atoms with Crippen molar-refractivity contribution >= 4 is 29.4 Å². The third kappa shape index (κ3) is 5.68. The van der Waals surface area contributed by atoms with E-state index >= 15 is 0 Å². The average Bonchev–Trinajstić information content (AvgIpc) is 3.54. The molecule has 42 heavy (non-hydrogen) atoms. The zero-order chi connectivity index (χ0) is 29.9. The van der Waals surface area contributed by atoms with Gasteiger partial charge in [0.05, 0.1) is 6.04 Å². The molecule has 3 atom stereocenters. The van der Waals surface area contributed by atoms with E-state index in [0.717, 1.165) is 43.2 Å². The van der Waals surface area contributed by atoms with Crippen LogP contribution in [0.4, 0.5) is 0 Å². The number of hydrogen-bond donors (Lipinski definition) is 5. The molecule has 0 bridgehead atoms. The van der Waals surface area contributed by atoms with Crippen LogP contribution in [0, 0.1) is 11.8 Å². The fraction of sp³-hybridized carbons (Fsp3) is 0.469. The minimum atomic E-state index is -2.02. The molecule has 0 radical (unpaired) electrons. The standard InChI is InChI=1S/C32H38N4O6/c1-33-30(40)27(37)25(18-20-15-16-34-28(20)38)35-29(39)26(17-19-9-3-2-4-10-19)36-31(41)32(42)23-13-7-5-11-21(23)22-12-6-8-14-24(22)32/h5-8,11-14,19-20,25-26,42H,2-4,9-10,15-18H2,1H3,(H,33,40)(H,34,38)(H,35,39)(H,36,41)/t20-,25+,26-/m0/s1. The van der Waals surface area contributed by atoms with Crippen LogP contribution in [0.1, 0.15) is 62.5 Å². The molecule has 10 nitrogen and oxygen atoms in total. The summed E-state index contributed by atoms with van der Waals surface area (Å²) < 4.78 is 0. The second-order valence-corrected chi connectivity index (χ2v) is 11.6. The first kappa shape index (κ1) is 29.4. The van der Waals surface area contributed by atoms with E-state index in [1.165, 1.54) is 7.05 Å². The van der Waals surface area contributed by atoms with Gasteiger partial charge in [-0.2, -0.15) is 0 Å². The van der Waals surface area contributed by atoms with E-state index in [-0.39, 0.29) is 18.2 Å². The predicted molar refractivity (Wildman–Crippen MR) is 155 cm³/mol. The Hall–Kier alpha value is -4.05. The average molecular weight is 575 g/mol. The fourth-order valence-corrected chi connectivity index (χ4v) is 6.65. The Bertz CT molecular complexity index is 1340. The largest absolute Gasteiger partial charge is 0.372 e. The molecule has 5 rings (SSSR count). The number of ketones is 1. The van der Waals surface area contributed by atoms with E-state index in [0.29, 0.717) is 30.5 Å². The van der Waals surface area contributed by atoms with Crippen LogP contribution in [-0.4, -0.2) is 60.2 Å². The van der Waals surface area contributed by atoms with Crippen LogP contribution >= 0.6 is 0 Å². The van der Waals surface area contributed by atoms with Gasteiger partial charge in [0.1, 0.15) is 6.04 Å². The number of benzene rings is 2. The maximum atomic E-state index is 14.0. The number of nitrogens with one attached hydrogen (secondary N) is 4. The first-order valence-electron chi connectivity index (χ1n) is 14.8. The molecule has 2 aromatic carbocycles. The molecule has 222 valence electrons. The van der Waals surface area contributed by atoms with Gasteiger partial charge in [0.2, 0.25) is 17.6 Å². The van der Waals surface area contributed by atoms with Gasteiger partial charge in [-0.3, -0.25) is 24.0 Å². The minimum absolute atomic E-state index is 0.0292. The maximum Gasteiger partial charge on any atom is 0.289 e. The van der Waals surface area contributed by atoms with Gasteiger partial charge in [0.25, 0.3) is 11.8 Å². The van der Waals surface area contributed by atoms with Gasteiger partial charge < -0.3 is 26.4 Å². The molecule has 1 aliphatic heterocycles. The molecule has 4 amide bonds. The summed E-state index contributed by atoms with van der Waals surface area (Å²) in [4.78, 5) is 65.4. The van der Waals surface area contributed by atoms with Crippen molar-refractivity contribution in [3.8, 4) is 11.1 Å². The van der Waals surface area contributed by atoms with Crippen LogP contribution in [0.3, 0.4) is 0 Å². The summed E-state index contributed by atoms with van der Waals surface area (Å²) in [6.07, 6.45) is 5.73. The molecule has 1 heterocycles. The summed E-state index contributed by atoms with van der Waals surface area (Å²) in [5.74, 6) is -3.68. The van der Waals surface area contributed by atoms with Gasteiger partial charge in [-0.15, -0.1) is 0 Å². The van der Waals surface area contributed by atoms with Crippen molar-refractivity contribution in [3.63, 3.8) is 0 Å². The quantitative estimate of drug-likeness (QED) is 0.272. The zero-order valence-electron chi connectivity index (χ0n) is 23.8. The molecular formula is C32H38N4O6. The summed E-state index contributed by atoms with van der Waals surface area (Å²) in [7, 11) is 1.32. The number of rotatable bonds is 10. The lowest BCUT2D eigenvalue weighted by atomic mass is 9.84. The summed E-state index contributed by atoms with van der Waals surface area (Å²) in [6, 6.07) is 12.0. The van der Waals surface area contributed by atoms with Crippen LogP contribution in [0.25, 0.3) is 11.1 Å². The fourth-order valence-electron chi connectivity index (χ4n) is 6.65. The Morgan fingerprint density at radius 2 is 1.50 bits per heavy atom. The summed E-state index contributed by atoms with van der Waals surface area (Å²) in [6.45, 7) is 0.459. The smallest absolute Gasteiger partial charge is 0.289 e. The van der Waals surface area contributed by atoms with Gasteiger partial charge in [-0.05, 0) is 36.3 Å². The van der Waals surface area contributed by atoms with Crippen molar-refractivity contribution in [1.29, 1.82) is 0 Å². The molecule has 5 N–H and O–H groups in total. The molecule has 2 aliphatic carbocycles. The van der Waals surface area contributed by atoms with Crippen LogP contribution in [0.5, 0.6) is 0 Å². The van der Waals surface area contributed by atoms with E-state index in [4.69, 9.17) is 0 Å². The molecule has 0 unspecified atom stereocenters. The molecule has 3 aliphatic rings. The van der Waals surface area contributed by atoms with Crippen LogP contribution in [0.2, 0.25) is 0 Å². The summed E-state index contributed by atoms with van der Waals surface area (Å²) in [5, 5.41) is 22.5. The number of aliphatic hydroxyl groups is 1. The lowest BCUT2D eigenvalue weighted by molar-refractivity contribution is -0.142. The number of fused-ring (bicyclic) bond motifs is 3. The third-order valence-corrected chi connectivity index (χ3v) is 8.93. The van der Waals surface area contributed by atoms with E-state index in [1.54, 1.807) is 24.3 Å². The number of likely N-dealkylation sites (N-methyl/N-ethyl adjacent to an activating group) is 1. The minimum Gasteiger partial charge on any atom is -0.372 e. The molecule has 0 spiro atoms. The van der Waals surface area contributed by atoms with Gasteiger partial charge in [0, 0.05) is 30.6 Å². The lowest BCUT2D eigenvalue weighted by Gasteiger charge is -2.31. The maximum absolute atomic E-state index is 14.0. The monoisotopic (exact) mass is 574 g/mol. The Morgan fingerprint density at radius 1 is 0.881 bits per heavy atom. The Morgan fingerprint density at radius 3 is 2.07 bits per heavy atom. The Labute approximate surface area is 245 Å². The highest BCUT2D eigenvalue weighted by molar-refractivity contribution is 6.38. The van der Waals surface area contributed by atoms with Crippen molar-refractivity contribution < 1.29 is 29.1 Å². The van der Waals surface area contributed by atoms with Crippen molar-refractivity contribution in [2.45, 2.75) is 69.1 Å². The third-order valence-electron chi connectivity index (χ3n) is 8.93.